The summed E-state index contributed by atoms with van der Waals surface area (Å²) in [6.07, 6.45) is 1.12. The molecular weight excluding hydrogens is 242 g/mol. The Morgan fingerprint density at radius 1 is 1.58 bits per heavy atom. The van der Waals surface area contributed by atoms with Crippen molar-refractivity contribution in [2.45, 2.75) is 20.3 Å². The Labute approximate surface area is 82.1 Å². The lowest BCUT2D eigenvalue weighted by Crippen LogP contribution is -2.27. The molecule has 0 radical (unpaired) electrons. The molecule has 1 aliphatic carbocycles. The Hall–Kier alpha value is 0.390. The topological polar surface area (TPSA) is 46.2 Å². The molecule has 1 fully saturated rings. The minimum absolute atomic E-state index is 0.00680. The van der Waals surface area contributed by atoms with Gasteiger partial charge in [0.25, 0.3) is 0 Å². The van der Waals surface area contributed by atoms with Gasteiger partial charge in [-0.25, -0.2) is 13.1 Å². The van der Waals surface area contributed by atoms with E-state index in [1.807, 2.05) is 0 Å². The average Bonchev–Trinajstić information content (AvgIpc) is 2.56. The third kappa shape index (κ3) is 2.71. The monoisotopic (exact) mass is 255 g/mol. The Morgan fingerprint density at radius 2 is 2.08 bits per heavy atom. The van der Waals surface area contributed by atoms with Gasteiger partial charge in [0.15, 0.2) is 0 Å². The largest absolute Gasteiger partial charge is 0.221 e. The van der Waals surface area contributed by atoms with E-state index < -0.39 is 10.0 Å². The van der Waals surface area contributed by atoms with Gasteiger partial charge in [-0.3, -0.25) is 0 Å². The highest BCUT2D eigenvalue weighted by Crippen LogP contribution is 2.51. The van der Waals surface area contributed by atoms with Crippen LogP contribution in [0.15, 0.2) is 0 Å². The summed E-state index contributed by atoms with van der Waals surface area (Å²) in [4.78, 5) is 0. The lowest BCUT2D eigenvalue weighted by molar-refractivity contribution is 0.539. The Morgan fingerprint density at radius 3 is 2.42 bits per heavy atom. The van der Waals surface area contributed by atoms with Crippen molar-refractivity contribution < 1.29 is 8.42 Å². The molecule has 1 saturated carbocycles. The summed E-state index contributed by atoms with van der Waals surface area (Å²) in [5.41, 5.74) is 0.342. The summed E-state index contributed by atoms with van der Waals surface area (Å²) in [6, 6.07) is 0. The molecule has 72 valence electrons. The Balaban J connectivity index is 2.29. The van der Waals surface area contributed by atoms with Crippen molar-refractivity contribution in [1.29, 1.82) is 0 Å². The number of rotatable bonds is 4. The molecule has 0 aromatic heterocycles. The van der Waals surface area contributed by atoms with Crippen molar-refractivity contribution in [3.8, 4) is 0 Å². The Bertz CT molecular complexity index is 261. The van der Waals surface area contributed by atoms with Crippen LogP contribution >= 0.6 is 15.9 Å². The van der Waals surface area contributed by atoms with Crippen LogP contribution in [-0.2, 0) is 10.0 Å². The SMILES string of the molecule is CC1(C)CC1CNS(=O)(=O)CBr. The van der Waals surface area contributed by atoms with Gasteiger partial charge >= 0.3 is 0 Å². The van der Waals surface area contributed by atoms with E-state index in [1.54, 1.807) is 0 Å². The van der Waals surface area contributed by atoms with Crippen LogP contribution in [0, 0.1) is 11.3 Å². The number of sulfonamides is 1. The van der Waals surface area contributed by atoms with Gasteiger partial charge in [0.1, 0.15) is 4.66 Å². The highest BCUT2D eigenvalue weighted by Gasteiger charge is 2.45. The standard InChI is InChI=1S/C7H14BrNO2S/c1-7(2)3-6(7)4-9-12(10,11)5-8/h6,9H,3-5H2,1-2H3. The van der Waals surface area contributed by atoms with E-state index in [0.29, 0.717) is 17.9 Å². The van der Waals surface area contributed by atoms with E-state index in [4.69, 9.17) is 0 Å². The molecule has 12 heavy (non-hydrogen) atoms. The first-order valence-corrected chi connectivity index (χ1v) is 6.68. The quantitative estimate of drug-likeness (QED) is 0.771. The molecule has 1 atom stereocenters. The lowest BCUT2D eigenvalue weighted by atomic mass is 10.1. The lowest BCUT2D eigenvalue weighted by Gasteiger charge is -2.04. The van der Waals surface area contributed by atoms with Crippen molar-refractivity contribution >= 4 is 26.0 Å². The molecule has 1 unspecified atom stereocenters. The van der Waals surface area contributed by atoms with E-state index in [0.717, 1.165) is 6.42 Å². The van der Waals surface area contributed by atoms with Gasteiger partial charge in [0, 0.05) is 6.54 Å². The molecule has 0 bridgehead atoms. The second-order valence-corrected chi connectivity index (χ2v) is 7.07. The third-order valence-electron chi connectivity index (χ3n) is 2.41. The van der Waals surface area contributed by atoms with Gasteiger partial charge < -0.3 is 0 Å². The maximum atomic E-state index is 11.0. The molecule has 0 heterocycles. The molecule has 0 aromatic rings. The fourth-order valence-corrected chi connectivity index (χ4v) is 2.21. The van der Waals surface area contributed by atoms with E-state index in [1.165, 1.54) is 0 Å². The number of alkyl halides is 1. The summed E-state index contributed by atoms with van der Waals surface area (Å²) >= 11 is 2.92. The number of hydrogen-bond donors (Lipinski definition) is 1. The number of halogens is 1. The summed E-state index contributed by atoms with van der Waals surface area (Å²) in [7, 11) is -3.06. The van der Waals surface area contributed by atoms with E-state index in [2.05, 4.69) is 34.5 Å². The molecular formula is C7H14BrNO2S. The van der Waals surface area contributed by atoms with E-state index in [-0.39, 0.29) is 4.66 Å². The average molecular weight is 256 g/mol. The van der Waals surface area contributed by atoms with E-state index >= 15 is 0 Å². The second-order valence-electron chi connectivity index (χ2n) is 3.96. The first-order valence-electron chi connectivity index (χ1n) is 3.91. The first-order chi connectivity index (χ1) is 5.37. The minimum atomic E-state index is -3.06. The fourth-order valence-electron chi connectivity index (χ4n) is 1.19. The summed E-state index contributed by atoms with van der Waals surface area (Å²) in [6.45, 7) is 4.89. The van der Waals surface area contributed by atoms with Crippen LogP contribution in [0.3, 0.4) is 0 Å². The van der Waals surface area contributed by atoms with Crippen LogP contribution < -0.4 is 4.72 Å². The van der Waals surface area contributed by atoms with Gasteiger partial charge in [0.05, 0.1) is 0 Å². The predicted octanol–water partition coefficient (Wildman–Crippen LogP) is 1.30. The molecule has 1 N–H and O–H groups in total. The van der Waals surface area contributed by atoms with Crippen LogP contribution in [0.2, 0.25) is 0 Å². The second kappa shape index (κ2) is 3.27. The zero-order valence-corrected chi connectivity index (χ0v) is 9.70. The van der Waals surface area contributed by atoms with Gasteiger partial charge in [-0.05, 0) is 17.8 Å². The molecule has 5 heteroatoms. The Kier molecular flexibility index (Phi) is 2.85. The summed E-state index contributed by atoms with van der Waals surface area (Å²) in [5.74, 6) is 0.520. The molecule has 0 spiro atoms. The van der Waals surface area contributed by atoms with Crippen molar-refractivity contribution in [2.75, 3.05) is 11.2 Å². The maximum Gasteiger partial charge on any atom is 0.221 e. The molecule has 3 nitrogen and oxygen atoms in total. The minimum Gasteiger partial charge on any atom is -0.214 e. The molecule has 1 aliphatic rings. The van der Waals surface area contributed by atoms with Gasteiger partial charge in [-0.15, -0.1) is 0 Å². The zero-order chi connectivity index (χ0) is 9.41. The van der Waals surface area contributed by atoms with Crippen LogP contribution in [-0.4, -0.2) is 19.6 Å². The van der Waals surface area contributed by atoms with Crippen molar-refractivity contribution in [2.24, 2.45) is 11.3 Å². The van der Waals surface area contributed by atoms with Crippen molar-refractivity contribution in [3.63, 3.8) is 0 Å². The van der Waals surface area contributed by atoms with Crippen LogP contribution in [0.25, 0.3) is 0 Å². The van der Waals surface area contributed by atoms with Crippen molar-refractivity contribution in [1.82, 2.24) is 4.72 Å². The summed E-state index contributed by atoms with van der Waals surface area (Å²) in [5, 5.41) is 0. The van der Waals surface area contributed by atoms with Gasteiger partial charge in [-0.1, -0.05) is 29.8 Å². The first kappa shape index (κ1) is 10.5. The fraction of sp³-hybridized carbons (Fsp3) is 1.00. The van der Waals surface area contributed by atoms with Crippen LogP contribution in [0.5, 0.6) is 0 Å². The van der Waals surface area contributed by atoms with Gasteiger partial charge in [-0.2, -0.15) is 0 Å². The summed E-state index contributed by atoms with van der Waals surface area (Å²) < 4.78 is 24.5. The highest BCUT2D eigenvalue weighted by atomic mass is 79.9. The number of hydrogen-bond acceptors (Lipinski definition) is 2. The third-order valence-corrected chi connectivity index (χ3v) is 5.11. The zero-order valence-electron chi connectivity index (χ0n) is 7.30. The normalized spacial score (nSPS) is 27.1. The highest BCUT2D eigenvalue weighted by molar-refractivity contribution is 9.10. The molecule has 0 aromatic carbocycles. The van der Waals surface area contributed by atoms with E-state index in [9.17, 15) is 8.42 Å². The van der Waals surface area contributed by atoms with Gasteiger partial charge in [0.2, 0.25) is 10.0 Å². The predicted molar refractivity (Wildman–Crippen MR) is 52.6 cm³/mol. The van der Waals surface area contributed by atoms with Crippen LogP contribution in [0.1, 0.15) is 20.3 Å². The molecule has 0 amide bonds. The smallest absolute Gasteiger partial charge is 0.214 e. The maximum absolute atomic E-state index is 11.0. The molecule has 1 rings (SSSR count). The molecule has 0 saturated heterocycles. The van der Waals surface area contributed by atoms with Crippen LogP contribution in [0.4, 0.5) is 0 Å². The molecule has 0 aliphatic heterocycles. The van der Waals surface area contributed by atoms with Crippen molar-refractivity contribution in [3.05, 3.63) is 0 Å². The number of nitrogens with one attached hydrogen (secondary N) is 1.